The molecule has 0 aliphatic rings. The third kappa shape index (κ3) is 2.97. The number of fused-ring (bicyclic) bond motifs is 1. The van der Waals surface area contributed by atoms with Crippen LogP contribution in [0.3, 0.4) is 0 Å². The van der Waals surface area contributed by atoms with Gasteiger partial charge in [-0.3, -0.25) is 14.9 Å². The Labute approximate surface area is 113 Å². The molecule has 0 saturated heterocycles. The van der Waals surface area contributed by atoms with Crippen LogP contribution in [0.2, 0.25) is 0 Å². The van der Waals surface area contributed by atoms with Crippen LogP contribution >= 0.6 is 0 Å². The lowest BCUT2D eigenvalue weighted by atomic mass is 10.2. The van der Waals surface area contributed by atoms with Crippen LogP contribution in [0.15, 0.2) is 24.5 Å². The number of aromatic nitrogens is 2. The van der Waals surface area contributed by atoms with Gasteiger partial charge in [-0.2, -0.15) is 0 Å². The number of carbonyl (C=O) groups is 1. The van der Waals surface area contributed by atoms with Crippen LogP contribution in [0.5, 0.6) is 0 Å². The summed E-state index contributed by atoms with van der Waals surface area (Å²) in [5.74, 6) is -0.0727. The maximum absolute atomic E-state index is 11.3. The van der Waals surface area contributed by atoms with Gasteiger partial charge in [-0.15, -0.1) is 0 Å². The number of nitrogens with zero attached hydrogens (tertiary/aromatic N) is 3. The van der Waals surface area contributed by atoms with Crippen LogP contribution in [0.4, 0.5) is 11.5 Å². The van der Waals surface area contributed by atoms with E-state index in [1.165, 1.54) is 24.5 Å². The third-order valence-corrected chi connectivity index (χ3v) is 2.54. The Balaban J connectivity index is 2.30. The van der Waals surface area contributed by atoms with Crippen molar-refractivity contribution in [3.05, 3.63) is 34.6 Å². The summed E-state index contributed by atoms with van der Waals surface area (Å²) in [5.41, 5.74) is 0.489. The van der Waals surface area contributed by atoms with Crippen LogP contribution in [0.25, 0.3) is 10.9 Å². The first-order chi connectivity index (χ1) is 9.61. The first-order valence-corrected chi connectivity index (χ1v) is 5.90. The second-order valence-corrected chi connectivity index (χ2v) is 3.84. The maximum atomic E-state index is 11.3. The first-order valence-electron chi connectivity index (χ1n) is 5.90. The lowest BCUT2D eigenvalue weighted by molar-refractivity contribution is -0.384. The molecule has 8 nitrogen and oxygen atoms in total. The number of benzene rings is 1. The third-order valence-electron chi connectivity index (χ3n) is 2.54. The van der Waals surface area contributed by atoms with E-state index in [9.17, 15) is 14.9 Å². The van der Waals surface area contributed by atoms with Crippen LogP contribution in [0, 0.1) is 10.1 Å². The van der Waals surface area contributed by atoms with Gasteiger partial charge in [0, 0.05) is 17.5 Å². The van der Waals surface area contributed by atoms with Crippen molar-refractivity contribution in [3.8, 4) is 0 Å². The van der Waals surface area contributed by atoms with E-state index in [-0.39, 0.29) is 18.8 Å². The maximum Gasteiger partial charge on any atom is 0.325 e. The first kappa shape index (κ1) is 13.7. The van der Waals surface area contributed by atoms with E-state index in [0.717, 1.165) is 0 Å². The molecule has 0 unspecified atom stereocenters. The van der Waals surface area contributed by atoms with Crippen molar-refractivity contribution in [1.29, 1.82) is 0 Å². The molecule has 0 bridgehead atoms. The van der Waals surface area contributed by atoms with Gasteiger partial charge in [-0.1, -0.05) is 0 Å². The fraction of sp³-hybridized carbons (Fsp3) is 0.250. The molecule has 8 heteroatoms. The van der Waals surface area contributed by atoms with Crippen molar-refractivity contribution in [3.63, 3.8) is 0 Å². The highest BCUT2D eigenvalue weighted by Crippen LogP contribution is 2.23. The van der Waals surface area contributed by atoms with Gasteiger partial charge in [0.1, 0.15) is 18.7 Å². The van der Waals surface area contributed by atoms with Crippen molar-refractivity contribution in [2.45, 2.75) is 6.92 Å². The number of hydrogen-bond acceptors (Lipinski definition) is 7. The second kappa shape index (κ2) is 5.91. The topological polar surface area (TPSA) is 107 Å². The van der Waals surface area contributed by atoms with Gasteiger partial charge in [0.25, 0.3) is 5.69 Å². The van der Waals surface area contributed by atoms with E-state index in [4.69, 9.17) is 4.74 Å². The van der Waals surface area contributed by atoms with Gasteiger partial charge < -0.3 is 10.1 Å². The minimum atomic E-state index is -0.498. The number of rotatable bonds is 5. The SMILES string of the molecule is CCOC(=O)CNc1ncnc2ccc([N+](=O)[O-])cc12. The van der Waals surface area contributed by atoms with E-state index in [1.54, 1.807) is 6.92 Å². The van der Waals surface area contributed by atoms with Gasteiger partial charge in [0.15, 0.2) is 0 Å². The van der Waals surface area contributed by atoms with Crippen molar-refractivity contribution in [2.75, 3.05) is 18.5 Å². The van der Waals surface area contributed by atoms with Crippen molar-refractivity contribution >= 4 is 28.4 Å². The fourth-order valence-corrected chi connectivity index (χ4v) is 1.67. The molecule has 1 aromatic heterocycles. The summed E-state index contributed by atoms with van der Waals surface area (Å²) in [6.45, 7) is 1.93. The molecule has 104 valence electrons. The van der Waals surface area contributed by atoms with E-state index in [0.29, 0.717) is 16.7 Å². The molecular weight excluding hydrogens is 264 g/mol. The predicted octanol–water partition coefficient (Wildman–Crippen LogP) is 1.51. The molecule has 1 heterocycles. The lowest BCUT2D eigenvalue weighted by Gasteiger charge is -2.07. The van der Waals surface area contributed by atoms with Crippen molar-refractivity contribution in [1.82, 2.24) is 9.97 Å². The standard InChI is InChI=1S/C12H12N4O4/c1-2-20-11(17)6-13-12-9-5-8(16(18)19)3-4-10(9)14-7-15-12/h3-5,7H,2,6H2,1H3,(H,13,14,15). The Hall–Kier alpha value is -2.77. The average molecular weight is 276 g/mol. The second-order valence-electron chi connectivity index (χ2n) is 3.84. The number of hydrogen-bond donors (Lipinski definition) is 1. The molecular formula is C12H12N4O4. The molecule has 0 fully saturated rings. The fourth-order valence-electron chi connectivity index (χ4n) is 1.67. The summed E-state index contributed by atoms with van der Waals surface area (Å²) >= 11 is 0. The molecule has 0 radical (unpaired) electrons. The van der Waals surface area contributed by atoms with Gasteiger partial charge >= 0.3 is 5.97 Å². The zero-order chi connectivity index (χ0) is 14.5. The lowest BCUT2D eigenvalue weighted by Crippen LogP contribution is -2.17. The summed E-state index contributed by atoms with van der Waals surface area (Å²) in [4.78, 5) is 29.6. The molecule has 2 aromatic rings. The highest BCUT2D eigenvalue weighted by molar-refractivity contribution is 5.91. The van der Waals surface area contributed by atoms with Crippen LogP contribution in [-0.4, -0.2) is 34.0 Å². The number of non-ortho nitro benzene ring substituents is 1. The number of nitro benzene ring substituents is 1. The Morgan fingerprint density at radius 2 is 2.25 bits per heavy atom. The zero-order valence-electron chi connectivity index (χ0n) is 10.7. The summed E-state index contributed by atoms with van der Waals surface area (Å²) in [7, 11) is 0. The van der Waals surface area contributed by atoms with Crippen LogP contribution < -0.4 is 5.32 Å². The highest BCUT2D eigenvalue weighted by Gasteiger charge is 2.11. The molecule has 1 N–H and O–H groups in total. The number of nitrogens with one attached hydrogen (secondary N) is 1. The minimum absolute atomic E-state index is 0.0634. The Kier molecular flexibility index (Phi) is 4.04. The van der Waals surface area contributed by atoms with E-state index < -0.39 is 10.9 Å². The molecule has 2 rings (SSSR count). The minimum Gasteiger partial charge on any atom is -0.465 e. The van der Waals surface area contributed by atoms with Crippen molar-refractivity contribution < 1.29 is 14.5 Å². The molecule has 1 aromatic carbocycles. The highest BCUT2D eigenvalue weighted by atomic mass is 16.6. The van der Waals surface area contributed by atoms with Gasteiger partial charge in [-0.05, 0) is 13.0 Å². The molecule has 0 atom stereocenters. The summed E-state index contributed by atoms with van der Waals surface area (Å²) in [5, 5.41) is 14.0. The molecule has 0 amide bonds. The quantitative estimate of drug-likeness (QED) is 0.501. The molecule has 0 saturated carbocycles. The Morgan fingerprint density at radius 1 is 1.45 bits per heavy atom. The van der Waals surface area contributed by atoms with E-state index in [2.05, 4.69) is 15.3 Å². The Morgan fingerprint density at radius 3 is 2.95 bits per heavy atom. The predicted molar refractivity (Wildman–Crippen MR) is 71.3 cm³/mol. The monoisotopic (exact) mass is 276 g/mol. The van der Waals surface area contributed by atoms with Gasteiger partial charge in [0.05, 0.1) is 17.0 Å². The molecule has 0 aliphatic heterocycles. The Bertz CT molecular complexity index is 659. The van der Waals surface area contributed by atoms with E-state index >= 15 is 0 Å². The number of esters is 1. The molecule has 0 spiro atoms. The average Bonchev–Trinajstić information content (AvgIpc) is 2.44. The number of ether oxygens (including phenoxy) is 1. The van der Waals surface area contributed by atoms with Crippen LogP contribution in [0.1, 0.15) is 6.92 Å². The number of carbonyl (C=O) groups excluding carboxylic acids is 1. The number of anilines is 1. The van der Waals surface area contributed by atoms with Crippen LogP contribution in [-0.2, 0) is 9.53 Å². The largest absolute Gasteiger partial charge is 0.465 e. The molecule has 20 heavy (non-hydrogen) atoms. The zero-order valence-corrected chi connectivity index (χ0v) is 10.7. The number of nitro groups is 1. The molecule has 0 aliphatic carbocycles. The van der Waals surface area contributed by atoms with Crippen molar-refractivity contribution in [2.24, 2.45) is 0 Å². The van der Waals surface area contributed by atoms with Gasteiger partial charge in [0.2, 0.25) is 0 Å². The van der Waals surface area contributed by atoms with E-state index in [1.807, 2.05) is 0 Å². The van der Waals surface area contributed by atoms with Gasteiger partial charge in [-0.25, -0.2) is 9.97 Å². The summed E-state index contributed by atoms with van der Waals surface area (Å²) < 4.78 is 4.78. The summed E-state index contributed by atoms with van der Waals surface area (Å²) in [6.07, 6.45) is 1.32. The normalized spacial score (nSPS) is 10.2. The smallest absolute Gasteiger partial charge is 0.325 e. The summed E-state index contributed by atoms with van der Waals surface area (Å²) in [6, 6.07) is 4.26.